The number of halogens is 2. The van der Waals surface area contributed by atoms with Crippen molar-refractivity contribution in [2.24, 2.45) is 10.5 Å². The molecule has 1 spiro atoms. The first kappa shape index (κ1) is 26.1. The molecule has 0 bridgehead atoms. The van der Waals surface area contributed by atoms with E-state index in [9.17, 15) is 14.0 Å². The molecular weight excluding hydrogens is 549 g/mol. The minimum atomic E-state index is -0.815. The van der Waals surface area contributed by atoms with Gasteiger partial charge in [-0.1, -0.05) is 48.4 Å². The van der Waals surface area contributed by atoms with Crippen LogP contribution in [0.2, 0.25) is 0 Å². The van der Waals surface area contributed by atoms with Gasteiger partial charge in [0.2, 0.25) is 0 Å². The first-order valence-corrected chi connectivity index (χ1v) is 13.5. The topological polar surface area (TPSA) is 73.7 Å². The number of amides is 1. The van der Waals surface area contributed by atoms with Gasteiger partial charge in [-0.3, -0.25) is 24.3 Å². The summed E-state index contributed by atoms with van der Waals surface area (Å²) in [5.74, 6) is 5.39. The van der Waals surface area contributed by atoms with Crippen molar-refractivity contribution in [3.05, 3.63) is 92.1 Å². The Morgan fingerprint density at radius 1 is 1.11 bits per heavy atom. The van der Waals surface area contributed by atoms with Crippen LogP contribution in [0.4, 0.5) is 4.39 Å². The number of aryl methyl sites for hydroxylation is 1. The van der Waals surface area contributed by atoms with E-state index in [1.54, 1.807) is 19.1 Å². The summed E-state index contributed by atoms with van der Waals surface area (Å²) in [7, 11) is 0. The number of benzene rings is 2. The zero-order chi connectivity index (χ0) is 26.9. The van der Waals surface area contributed by atoms with Gasteiger partial charge in [0.05, 0.1) is 22.9 Å². The minimum absolute atomic E-state index is 0.0659. The molecule has 196 valence electrons. The molecule has 1 atom stereocenters. The smallest absolute Gasteiger partial charge is 0.278 e. The van der Waals surface area contributed by atoms with Gasteiger partial charge in [0, 0.05) is 19.6 Å². The lowest BCUT2D eigenvalue weighted by Gasteiger charge is -2.42. The molecule has 0 aliphatic carbocycles. The summed E-state index contributed by atoms with van der Waals surface area (Å²) in [6.45, 7) is 5.78. The molecular formula is C29H29BrFN5O2. The van der Waals surface area contributed by atoms with E-state index in [2.05, 4.69) is 49.9 Å². The molecule has 2 aliphatic rings. The quantitative estimate of drug-likeness (QED) is 0.437. The van der Waals surface area contributed by atoms with Gasteiger partial charge in [-0.05, 0) is 65.9 Å². The van der Waals surface area contributed by atoms with Crippen LogP contribution in [0, 0.1) is 23.1 Å². The third kappa shape index (κ3) is 4.52. The highest BCUT2D eigenvalue weighted by Gasteiger charge is 2.53. The molecule has 38 heavy (non-hydrogen) atoms. The van der Waals surface area contributed by atoms with Crippen LogP contribution in [0.15, 0.2) is 69.0 Å². The highest BCUT2D eigenvalue weighted by atomic mass is 79.9. The summed E-state index contributed by atoms with van der Waals surface area (Å²) >= 11 is 3.54. The fourth-order valence-electron chi connectivity index (χ4n) is 5.59. The van der Waals surface area contributed by atoms with Gasteiger partial charge in [0.1, 0.15) is 16.8 Å². The zero-order valence-corrected chi connectivity index (χ0v) is 23.0. The number of piperidine rings is 1. The van der Waals surface area contributed by atoms with E-state index in [1.165, 1.54) is 17.1 Å². The van der Waals surface area contributed by atoms with Crippen LogP contribution in [0.25, 0.3) is 0 Å². The molecule has 5 rings (SSSR count). The Morgan fingerprint density at radius 3 is 2.42 bits per heavy atom. The van der Waals surface area contributed by atoms with Gasteiger partial charge in [0.25, 0.3) is 11.5 Å². The number of hydrogen-bond donors (Lipinski definition) is 1. The fraction of sp³-hybridized carbons (Fsp3) is 0.345. The lowest BCUT2D eigenvalue weighted by molar-refractivity contribution is -0.137. The van der Waals surface area contributed by atoms with Crippen molar-refractivity contribution >= 4 is 27.5 Å². The third-order valence-corrected chi connectivity index (χ3v) is 8.27. The maximum absolute atomic E-state index is 13.8. The lowest BCUT2D eigenvalue weighted by atomic mass is 9.71. The zero-order valence-electron chi connectivity index (χ0n) is 21.4. The minimum Gasteiger partial charge on any atom is -0.291 e. The van der Waals surface area contributed by atoms with Crippen molar-refractivity contribution in [2.75, 3.05) is 19.6 Å². The Morgan fingerprint density at radius 2 is 1.79 bits per heavy atom. The van der Waals surface area contributed by atoms with Crippen LogP contribution in [-0.4, -0.2) is 50.9 Å². The molecule has 1 amide bonds. The van der Waals surface area contributed by atoms with Crippen molar-refractivity contribution in [3.63, 3.8) is 0 Å². The summed E-state index contributed by atoms with van der Waals surface area (Å²) in [5.41, 5.74) is 2.36. The van der Waals surface area contributed by atoms with Crippen LogP contribution in [0.1, 0.15) is 49.6 Å². The number of rotatable bonds is 6. The predicted octanol–water partition coefficient (Wildman–Crippen LogP) is 4.54. The number of hydrogen-bond acceptors (Lipinski definition) is 4. The van der Waals surface area contributed by atoms with E-state index in [-0.39, 0.29) is 29.9 Å². The number of carbonyl (C=O) groups is 1. The molecule has 3 heterocycles. The lowest BCUT2D eigenvalue weighted by Crippen LogP contribution is -2.50. The Bertz CT molecular complexity index is 1480. The number of nitrogens with one attached hydrogen (secondary N) is 1. The van der Waals surface area contributed by atoms with Crippen LogP contribution in [0.5, 0.6) is 0 Å². The van der Waals surface area contributed by atoms with Gasteiger partial charge >= 0.3 is 0 Å². The second kappa shape index (κ2) is 10.7. The Kier molecular flexibility index (Phi) is 7.37. The Labute approximate surface area is 229 Å². The van der Waals surface area contributed by atoms with Crippen molar-refractivity contribution in [3.8, 4) is 11.8 Å². The van der Waals surface area contributed by atoms with Crippen molar-refractivity contribution in [1.29, 1.82) is 0 Å². The molecule has 7 nitrogen and oxygen atoms in total. The van der Waals surface area contributed by atoms with Crippen molar-refractivity contribution in [1.82, 2.24) is 19.7 Å². The molecule has 1 fully saturated rings. The summed E-state index contributed by atoms with van der Waals surface area (Å²) in [6, 6.07) is 16.1. The maximum Gasteiger partial charge on any atom is 0.278 e. The van der Waals surface area contributed by atoms with Crippen molar-refractivity contribution in [2.45, 2.75) is 39.3 Å². The number of aromatic nitrogens is 2. The van der Waals surface area contributed by atoms with E-state index in [4.69, 9.17) is 5.10 Å². The number of hydrazone groups is 1. The van der Waals surface area contributed by atoms with Gasteiger partial charge in [-0.2, -0.15) is 5.10 Å². The molecule has 1 N–H and O–H groups in total. The van der Waals surface area contributed by atoms with Gasteiger partial charge in [0.15, 0.2) is 0 Å². The standard InChI is InChI=1S/C29H29BrFN5O2/c1-3-5-17-36-28(38)29(26(32-36)21-11-13-22(31)14-12-21)15-18-34(19-16-29)24(20-9-7-6-8-10-20)25-23(30)27(37)33-35(25)4-2/h6-14,24H,4,15-19H2,1-2H3,(H,33,37). The SMILES string of the molecule is CC#CCN1N=C(c2ccc(F)cc2)C2(CCN(C(c3ccccc3)c3c(Br)c(=O)[nH]n3CC)CC2)C1=O. The fourth-order valence-corrected chi connectivity index (χ4v) is 6.11. The third-order valence-electron chi connectivity index (χ3n) is 7.50. The van der Waals surface area contributed by atoms with Crippen molar-refractivity contribution < 1.29 is 9.18 Å². The summed E-state index contributed by atoms with van der Waals surface area (Å²) < 4.78 is 16.1. The van der Waals surface area contributed by atoms with Crippen LogP contribution in [-0.2, 0) is 11.3 Å². The van der Waals surface area contributed by atoms with Gasteiger partial charge in [-0.15, -0.1) is 5.92 Å². The Balaban J connectivity index is 1.51. The molecule has 2 aliphatic heterocycles. The van der Waals surface area contributed by atoms with Crippen LogP contribution in [0.3, 0.4) is 0 Å². The first-order chi connectivity index (χ1) is 18.4. The number of H-pyrrole nitrogens is 1. The summed E-state index contributed by atoms with van der Waals surface area (Å²) in [6.07, 6.45) is 1.08. The average Bonchev–Trinajstić information content (AvgIpc) is 3.37. The molecule has 9 heteroatoms. The van der Waals surface area contributed by atoms with E-state index < -0.39 is 5.41 Å². The number of aromatic amines is 1. The average molecular weight is 578 g/mol. The van der Waals surface area contributed by atoms with E-state index in [0.29, 0.717) is 42.7 Å². The molecule has 0 saturated carbocycles. The summed E-state index contributed by atoms with van der Waals surface area (Å²) in [4.78, 5) is 28.7. The molecule has 1 unspecified atom stereocenters. The molecule has 1 saturated heterocycles. The molecule has 0 radical (unpaired) electrons. The van der Waals surface area contributed by atoms with E-state index >= 15 is 0 Å². The normalized spacial score (nSPS) is 17.8. The number of carbonyl (C=O) groups excluding carboxylic acids is 1. The van der Waals surface area contributed by atoms with E-state index in [1.807, 2.05) is 29.8 Å². The second-order valence-electron chi connectivity index (χ2n) is 9.56. The monoisotopic (exact) mass is 577 g/mol. The Hall–Kier alpha value is -3.48. The predicted molar refractivity (Wildman–Crippen MR) is 148 cm³/mol. The van der Waals surface area contributed by atoms with Crippen LogP contribution < -0.4 is 5.56 Å². The number of likely N-dealkylation sites (tertiary alicyclic amines) is 1. The molecule has 2 aromatic carbocycles. The molecule has 1 aromatic heterocycles. The van der Waals surface area contributed by atoms with E-state index in [0.717, 1.165) is 16.8 Å². The summed E-state index contributed by atoms with van der Waals surface area (Å²) in [5, 5.41) is 9.10. The highest BCUT2D eigenvalue weighted by Crippen LogP contribution is 2.44. The van der Waals surface area contributed by atoms with Crippen LogP contribution >= 0.6 is 15.9 Å². The highest BCUT2D eigenvalue weighted by molar-refractivity contribution is 9.10. The van der Waals surface area contributed by atoms with Gasteiger partial charge < -0.3 is 0 Å². The number of nitrogens with zero attached hydrogens (tertiary/aromatic N) is 4. The molecule has 3 aromatic rings. The second-order valence-corrected chi connectivity index (χ2v) is 10.4. The van der Waals surface area contributed by atoms with Gasteiger partial charge in [-0.25, -0.2) is 9.40 Å². The maximum atomic E-state index is 13.8. The first-order valence-electron chi connectivity index (χ1n) is 12.7. The largest absolute Gasteiger partial charge is 0.291 e.